The first-order valence-electron chi connectivity index (χ1n) is 4.86. The number of hydrogen-bond acceptors (Lipinski definition) is 2. The van der Waals surface area contributed by atoms with E-state index in [9.17, 15) is 4.21 Å². The normalized spacial score (nSPS) is 18.4. The third kappa shape index (κ3) is 2.65. The van der Waals surface area contributed by atoms with Gasteiger partial charge < -0.3 is 4.55 Å². The summed E-state index contributed by atoms with van der Waals surface area (Å²) in [5, 5.41) is 4.41. The van der Waals surface area contributed by atoms with Crippen LogP contribution in [0.3, 0.4) is 0 Å². The summed E-state index contributed by atoms with van der Waals surface area (Å²) < 4.78 is 20.8. The van der Waals surface area contributed by atoms with E-state index in [1.807, 2.05) is 16.9 Å². The Bertz CT molecular complexity index is 333. The molecular weight excluding hydrogens is 200 g/mol. The van der Waals surface area contributed by atoms with Gasteiger partial charge >= 0.3 is 0 Å². The molecule has 1 aliphatic rings. The first-order valence-corrected chi connectivity index (χ1v) is 6.14. The molecule has 78 valence electrons. The Labute approximate surface area is 85.6 Å². The van der Waals surface area contributed by atoms with Gasteiger partial charge in [-0.15, -0.1) is 0 Å². The van der Waals surface area contributed by atoms with Crippen LogP contribution in [0.2, 0.25) is 0 Å². The topological polar surface area (TPSA) is 55.1 Å². The molecule has 1 aromatic rings. The molecule has 4 nitrogen and oxygen atoms in total. The number of hydrogen-bond donors (Lipinski definition) is 1. The lowest BCUT2D eigenvalue weighted by atomic mass is 10.3. The zero-order chi connectivity index (χ0) is 9.97. The molecule has 1 unspecified atom stereocenters. The van der Waals surface area contributed by atoms with Gasteiger partial charge in [-0.25, -0.2) is 4.21 Å². The lowest BCUT2D eigenvalue weighted by molar-refractivity contribution is 0.547. The maximum Gasteiger partial charge on any atom is 0.152 e. The first-order chi connectivity index (χ1) is 6.75. The molecule has 1 N–H and O–H groups in total. The molecule has 0 bridgehead atoms. The molecule has 1 fully saturated rings. The smallest absolute Gasteiger partial charge is 0.152 e. The van der Waals surface area contributed by atoms with E-state index >= 15 is 0 Å². The van der Waals surface area contributed by atoms with E-state index in [1.165, 1.54) is 18.5 Å². The minimum absolute atomic E-state index is 0.332. The molecule has 5 heteroatoms. The van der Waals surface area contributed by atoms with Crippen molar-refractivity contribution in [2.24, 2.45) is 0 Å². The standard InChI is InChI=1S/C9H14N2O2S/c12-14(13)7-1-5-11-6-4-9(10-11)8-2-3-8/h4,6,8H,1-3,5,7H2,(H,12,13). The fourth-order valence-electron chi connectivity index (χ4n) is 1.45. The van der Waals surface area contributed by atoms with E-state index in [4.69, 9.17) is 4.55 Å². The molecule has 1 aromatic heterocycles. The molecule has 14 heavy (non-hydrogen) atoms. The molecule has 2 rings (SSSR count). The highest BCUT2D eigenvalue weighted by molar-refractivity contribution is 7.79. The summed E-state index contributed by atoms with van der Waals surface area (Å²) in [7, 11) is 0. The van der Waals surface area contributed by atoms with Crippen molar-refractivity contribution in [2.45, 2.75) is 31.7 Å². The molecule has 0 saturated heterocycles. The van der Waals surface area contributed by atoms with Gasteiger partial charge in [0.25, 0.3) is 0 Å². The van der Waals surface area contributed by atoms with Crippen LogP contribution < -0.4 is 0 Å². The monoisotopic (exact) mass is 214 g/mol. The van der Waals surface area contributed by atoms with Crippen molar-refractivity contribution in [3.05, 3.63) is 18.0 Å². The summed E-state index contributed by atoms with van der Waals surface area (Å²) in [6.45, 7) is 0.735. The van der Waals surface area contributed by atoms with Crippen molar-refractivity contribution in [1.82, 2.24) is 9.78 Å². The number of rotatable bonds is 5. The largest absolute Gasteiger partial charge is 0.306 e. The molecule has 1 aliphatic carbocycles. The summed E-state index contributed by atoms with van der Waals surface area (Å²) >= 11 is -1.67. The Balaban J connectivity index is 1.80. The van der Waals surface area contributed by atoms with Crippen molar-refractivity contribution >= 4 is 11.1 Å². The molecule has 0 aliphatic heterocycles. The second-order valence-corrected chi connectivity index (χ2v) is 4.71. The third-order valence-corrected chi connectivity index (χ3v) is 3.00. The van der Waals surface area contributed by atoms with Gasteiger partial charge in [-0.3, -0.25) is 4.68 Å². The SMILES string of the molecule is O=S(O)CCCn1ccc(C2CC2)n1. The molecular formula is C9H14N2O2S. The van der Waals surface area contributed by atoms with Gasteiger partial charge in [0.1, 0.15) is 0 Å². The predicted octanol–water partition coefficient (Wildman–Crippen LogP) is 1.37. The maximum atomic E-state index is 10.4. The van der Waals surface area contributed by atoms with Crippen LogP contribution in [0.1, 0.15) is 30.9 Å². The van der Waals surface area contributed by atoms with Crippen LogP contribution in [0.25, 0.3) is 0 Å². The van der Waals surface area contributed by atoms with Gasteiger partial charge in [-0.1, -0.05) is 0 Å². The number of aromatic nitrogens is 2. The Morgan fingerprint density at radius 1 is 1.64 bits per heavy atom. The van der Waals surface area contributed by atoms with Gasteiger partial charge in [0, 0.05) is 18.7 Å². The fourth-order valence-corrected chi connectivity index (χ4v) is 1.82. The Hall–Kier alpha value is -0.680. The average molecular weight is 214 g/mol. The number of nitrogens with zero attached hydrogens (tertiary/aromatic N) is 2. The highest BCUT2D eigenvalue weighted by atomic mass is 32.2. The quantitative estimate of drug-likeness (QED) is 0.753. The summed E-state index contributed by atoms with van der Waals surface area (Å²) in [5.41, 5.74) is 1.18. The first kappa shape index (κ1) is 9.86. The van der Waals surface area contributed by atoms with Crippen molar-refractivity contribution in [3.63, 3.8) is 0 Å². The zero-order valence-corrected chi connectivity index (χ0v) is 8.74. The molecule has 1 saturated carbocycles. The lowest BCUT2D eigenvalue weighted by Gasteiger charge is -1.98. The van der Waals surface area contributed by atoms with E-state index in [-0.39, 0.29) is 0 Å². The van der Waals surface area contributed by atoms with Crippen molar-refractivity contribution in [2.75, 3.05) is 5.75 Å². The van der Waals surface area contributed by atoms with Crippen LogP contribution >= 0.6 is 0 Å². The summed E-state index contributed by atoms with van der Waals surface area (Å²) in [5.74, 6) is 1.02. The molecule has 1 heterocycles. The van der Waals surface area contributed by atoms with Gasteiger partial charge in [0.15, 0.2) is 11.1 Å². The van der Waals surface area contributed by atoms with E-state index in [0.717, 1.165) is 6.54 Å². The van der Waals surface area contributed by atoms with Gasteiger partial charge in [0.05, 0.1) is 11.4 Å². The molecule has 1 atom stereocenters. The predicted molar refractivity (Wildman–Crippen MR) is 54.5 cm³/mol. The van der Waals surface area contributed by atoms with Crippen LogP contribution in [0.4, 0.5) is 0 Å². The van der Waals surface area contributed by atoms with Crippen LogP contribution in [0, 0.1) is 0 Å². The van der Waals surface area contributed by atoms with E-state index < -0.39 is 11.1 Å². The van der Waals surface area contributed by atoms with Crippen LogP contribution in [0.15, 0.2) is 12.3 Å². The minimum Gasteiger partial charge on any atom is -0.306 e. The molecule has 0 spiro atoms. The second-order valence-electron chi connectivity index (χ2n) is 3.66. The Morgan fingerprint density at radius 2 is 2.43 bits per heavy atom. The molecule has 0 aromatic carbocycles. The van der Waals surface area contributed by atoms with Gasteiger partial charge in [0.2, 0.25) is 0 Å². The summed E-state index contributed by atoms with van der Waals surface area (Å²) in [6, 6.07) is 2.05. The highest BCUT2D eigenvalue weighted by Crippen LogP contribution is 2.38. The summed E-state index contributed by atoms with van der Waals surface area (Å²) in [6.07, 6.45) is 5.18. The van der Waals surface area contributed by atoms with E-state index in [2.05, 4.69) is 5.10 Å². The van der Waals surface area contributed by atoms with Gasteiger partial charge in [-0.2, -0.15) is 5.10 Å². The van der Waals surface area contributed by atoms with E-state index in [1.54, 1.807) is 0 Å². The van der Waals surface area contributed by atoms with Crippen LogP contribution in [-0.4, -0.2) is 24.3 Å². The zero-order valence-electron chi connectivity index (χ0n) is 7.93. The molecule has 0 amide bonds. The average Bonchev–Trinajstić information content (AvgIpc) is 2.87. The lowest BCUT2D eigenvalue weighted by Crippen LogP contribution is -2.04. The number of aryl methyl sites for hydroxylation is 1. The van der Waals surface area contributed by atoms with Gasteiger partial charge in [-0.05, 0) is 25.3 Å². The minimum atomic E-state index is -1.67. The maximum absolute atomic E-state index is 10.4. The van der Waals surface area contributed by atoms with Crippen LogP contribution in [0.5, 0.6) is 0 Å². The van der Waals surface area contributed by atoms with Crippen LogP contribution in [-0.2, 0) is 17.6 Å². The fraction of sp³-hybridized carbons (Fsp3) is 0.667. The summed E-state index contributed by atoms with van der Waals surface area (Å²) in [4.78, 5) is 0. The van der Waals surface area contributed by atoms with Crippen molar-refractivity contribution in [1.29, 1.82) is 0 Å². The third-order valence-electron chi connectivity index (χ3n) is 2.36. The van der Waals surface area contributed by atoms with Crippen molar-refractivity contribution in [3.8, 4) is 0 Å². The van der Waals surface area contributed by atoms with Crippen molar-refractivity contribution < 1.29 is 8.76 Å². The second kappa shape index (κ2) is 4.23. The Kier molecular flexibility index (Phi) is 2.98. The molecule has 0 radical (unpaired) electrons. The highest BCUT2D eigenvalue weighted by Gasteiger charge is 2.25. The Morgan fingerprint density at radius 3 is 3.07 bits per heavy atom. The van der Waals surface area contributed by atoms with E-state index in [0.29, 0.717) is 18.1 Å².